The van der Waals surface area contributed by atoms with Crippen molar-refractivity contribution >= 4 is 24.8 Å². The van der Waals surface area contributed by atoms with Gasteiger partial charge in [0, 0.05) is 38.1 Å². The van der Waals surface area contributed by atoms with Gasteiger partial charge in [-0.15, -0.1) is 24.8 Å². The van der Waals surface area contributed by atoms with Gasteiger partial charge >= 0.3 is 0 Å². The molecule has 1 aliphatic heterocycles. The van der Waals surface area contributed by atoms with E-state index in [1.165, 1.54) is 0 Å². The number of nitrogens with zero attached hydrogens (tertiary/aromatic N) is 3. The molecule has 0 saturated carbocycles. The maximum absolute atomic E-state index is 6.13. The van der Waals surface area contributed by atoms with E-state index >= 15 is 0 Å². The summed E-state index contributed by atoms with van der Waals surface area (Å²) < 4.78 is 0. The molecule has 2 heterocycles. The molecule has 1 aromatic rings. The Bertz CT molecular complexity index is 381. The normalized spacial score (nSPS) is 22.2. The molecule has 0 amide bonds. The molecule has 1 fully saturated rings. The van der Waals surface area contributed by atoms with Crippen LogP contribution < -0.4 is 5.73 Å². The van der Waals surface area contributed by atoms with Crippen LogP contribution in [0.25, 0.3) is 0 Å². The maximum atomic E-state index is 6.13. The van der Waals surface area contributed by atoms with E-state index in [2.05, 4.69) is 28.7 Å². The van der Waals surface area contributed by atoms with E-state index in [1.54, 1.807) is 0 Å². The Morgan fingerprint density at radius 1 is 1.32 bits per heavy atom. The molecule has 6 heteroatoms. The molecule has 0 aliphatic carbocycles. The first-order chi connectivity index (χ1) is 7.97. The van der Waals surface area contributed by atoms with E-state index in [-0.39, 0.29) is 30.2 Å². The first-order valence-corrected chi connectivity index (χ1v) is 6.23. The Morgan fingerprint density at radius 3 is 2.53 bits per heavy atom. The number of nitrogens with two attached hydrogens (primary N) is 1. The van der Waals surface area contributed by atoms with Crippen LogP contribution in [0.4, 0.5) is 0 Å². The molecule has 0 aromatic carbocycles. The molecule has 0 radical (unpaired) electrons. The summed E-state index contributed by atoms with van der Waals surface area (Å²) in [6, 6.07) is 0.308. The number of hydrogen-bond donors (Lipinski definition) is 1. The molecular formula is C13H24Cl2N4. The summed E-state index contributed by atoms with van der Waals surface area (Å²) in [5.41, 5.74) is 8.33. The Hall–Kier alpha value is -0.420. The smallest absolute Gasteiger partial charge is 0.0727 e. The lowest BCUT2D eigenvalue weighted by Gasteiger charge is -2.42. The van der Waals surface area contributed by atoms with E-state index < -0.39 is 0 Å². The van der Waals surface area contributed by atoms with Crippen LogP contribution in [0.1, 0.15) is 31.7 Å². The summed E-state index contributed by atoms with van der Waals surface area (Å²) in [6.07, 6.45) is 4.76. The van der Waals surface area contributed by atoms with Gasteiger partial charge in [0.25, 0.3) is 0 Å². The third-order valence-electron chi connectivity index (χ3n) is 3.61. The van der Waals surface area contributed by atoms with Crippen molar-refractivity contribution in [2.45, 2.75) is 39.8 Å². The minimum Gasteiger partial charge on any atom is -0.327 e. The maximum Gasteiger partial charge on any atom is 0.0727 e. The second-order valence-corrected chi connectivity index (χ2v) is 5.74. The molecule has 2 rings (SSSR count). The number of rotatable bonds is 2. The van der Waals surface area contributed by atoms with Crippen molar-refractivity contribution in [1.82, 2.24) is 14.9 Å². The molecule has 2 N–H and O–H groups in total. The number of aromatic nitrogens is 2. The van der Waals surface area contributed by atoms with E-state index in [1.807, 2.05) is 19.3 Å². The fourth-order valence-corrected chi connectivity index (χ4v) is 2.35. The molecule has 1 unspecified atom stereocenters. The number of aryl methyl sites for hydroxylation is 1. The molecule has 0 bridgehead atoms. The second-order valence-electron chi connectivity index (χ2n) is 5.74. The second kappa shape index (κ2) is 7.39. The summed E-state index contributed by atoms with van der Waals surface area (Å²) in [4.78, 5) is 11.1. The first-order valence-electron chi connectivity index (χ1n) is 6.23. The predicted molar refractivity (Wildman–Crippen MR) is 82.9 cm³/mol. The van der Waals surface area contributed by atoms with Crippen LogP contribution in [0.5, 0.6) is 0 Å². The van der Waals surface area contributed by atoms with Crippen LogP contribution in [0.15, 0.2) is 12.4 Å². The molecule has 110 valence electrons. The third kappa shape index (κ3) is 4.88. The highest BCUT2D eigenvalue weighted by atomic mass is 35.5. The van der Waals surface area contributed by atoms with Gasteiger partial charge in [0.05, 0.1) is 11.4 Å². The highest BCUT2D eigenvalue weighted by molar-refractivity contribution is 5.85. The molecule has 19 heavy (non-hydrogen) atoms. The average molecular weight is 307 g/mol. The quantitative estimate of drug-likeness (QED) is 0.910. The van der Waals surface area contributed by atoms with Crippen LogP contribution in [0.3, 0.4) is 0 Å². The SMILES string of the molecule is Cc1cnc(CN2CCC(N)C(C)(C)C2)cn1.Cl.Cl. The van der Waals surface area contributed by atoms with Gasteiger partial charge in [-0.25, -0.2) is 0 Å². The van der Waals surface area contributed by atoms with Gasteiger partial charge < -0.3 is 5.73 Å². The van der Waals surface area contributed by atoms with Gasteiger partial charge in [-0.05, 0) is 18.8 Å². The summed E-state index contributed by atoms with van der Waals surface area (Å²) in [7, 11) is 0. The standard InChI is InChI=1S/C13H22N4.2ClH/c1-10-6-16-11(7-15-10)8-17-5-4-12(14)13(2,3)9-17;;/h6-7,12H,4-5,8-9,14H2,1-3H3;2*1H. The van der Waals surface area contributed by atoms with Crippen LogP contribution in [-0.4, -0.2) is 34.0 Å². The number of likely N-dealkylation sites (tertiary alicyclic amines) is 1. The fourth-order valence-electron chi connectivity index (χ4n) is 2.35. The van der Waals surface area contributed by atoms with Crippen molar-refractivity contribution in [3.05, 3.63) is 23.8 Å². The van der Waals surface area contributed by atoms with Gasteiger partial charge in [-0.1, -0.05) is 13.8 Å². The lowest BCUT2D eigenvalue weighted by atomic mass is 9.80. The largest absolute Gasteiger partial charge is 0.327 e. The van der Waals surface area contributed by atoms with Crippen molar-refractivity contribution in [3.63, 3.8) is 0 Å². The molecular weight excluding hydrogens is 283 g/mol. The molecule has 1 saturated heterocycles. The fraction of sp³-hybridized carbons (Fsp3) is 0.692. The van der Waals surface area contributed by atoms with Crippen LogP contribution in [-0.2, 0) is 6.54 Å². The molecule has 4 nitrogen and oxygen atoms in total. The lowest BCUT2D eigenvalue weighted by Crippen LogP contribution is -2.52. The minimum absolute atomic E-state index is 0. The summed E-state index contributed by atoms with van der Waals surface area (Å²) in [5.74, 6) is 0. The number of halogens is 2. The Labute approximate surface area is 128 Å². The minimum atomic E-state index is 0. The highest BCUT2D eigenvalue weighted by Gasteiger charge is 2.33. The van der Waals surface area contributed by atoms with Gasteiger partial charge in [-0.2, -0.15) is 0 Å². The zero-order valence-electron chi connectivity index (χ0n) is 11.8. The van der Waals surface area contributed by atoms with Crippen LogP contribution in [0, 0.1) is 12.3 Å². The van der Waals surface area contributed by atoms with Crippen LogP contribution >= 0.6 is 24.8 Å². The van der Waals surface area contributed by atoms with E-state index in [4.69, 9.17) is 5.73 Å². The predicted octanol–water partition coefficient (Wildman–Crippen LogP) is 2.19. The first kappa shape index (κ1) is 18.6. The average Bonchev–Trinajstić information content (AvgIpc) is 2.26. The zero-order valence-corrected chi connectivity index (χ0v) is 13.4. The van der Waals surface area contributed by atoms with Gasteiger partial charge in [0.15, 0.2) is 0 Å². The number of hydrogen-bond acceptors (Lipinski definition) is 4. The zero-order chi connectivity index (χ0) is 12.5. The third-order valence-corrected chi connectivity index (χ3v) is 3.61. The topological polar surface area (TPSA) is 55.0 Å². The van der Waals surface area contributed by atoms with Crippen LogP contribution in [0.2, 0.25) is 0 Å². The summed E-state index contributed by atoms with van der Waals surface area (Å²) in [6.45, 7) is 9.41. The van der Waals surface area contributed by atoms with Gasteiger partial charge in [0.2, 0.25) is 0 Å². The Balaban J connectivity index is 0.00000162. The van der Waals surface area contributed by atoms with Gasteiger partial charge in [0.1, 0.15) is 0 Å². The summed E-state index contributed by atoms with van der Waals surface area (Å²) in [5, 5.41) is 0. The Kier molecular flexibility index (Phi) is 7.22. The molecule has 1 aromatic heterocycles. The molecule has 0 spiro atoms. The van der Waals surface area contributed by atoms with Crippen molar-refractivity contribution < 1.29 is 0 Å². The van der Waals surface area contributed by atoms with Crippen molar-refractivity contribution in [2.24, 2.45) is 11.1 Å². The van der Waals surface area contributed by atoms with E-state index in [0.717, 1.165) is 37.4 Å². The van der Waals surface area contributed by atoms with Crippen molar-refractivity contribution in [2.75, 3.05) is 13.1 Å². The lowest BCUT2D eigenvalue weighted by molar-refractivity contribution is 0.0888. The monoisotopic (exact) mass is 306 g/mol. The highest BCUT2D eigenvalue weighted by Crippen LogP contribution is 2.28. The van der Waals surface area contributed by atoms with Crippen molar-refractivity contribution in [3.8, 4) is 0 Å². The molecule has 1 atom stereocenters. The van der Waals surface area contributed by atoms with Gasteiger partial charge in [-0.3, -0.25) is 14.9 Å². The van der Waals surface area contributed by atoms with E-state index in [0.29, 0.717) is 6.04 Å². The number of piperidine rings is 1. The van der Waals surface area contributed by atoms with Crippen molar-refractivity contribution in [1.29, 1.82) is 0 Å². The summed E-state index contributed by atoms with van der Waals surface area (Å²) >= 11 is 0. The van der Waals surface area contributed by atoms with E-state index in [9.17, 15) is 0 Å². The Morgan fingerprint density at radius 2 is 2.00 bits per heavy atom. The molecule has 1 aliphatic rings.